The maximum atomic E-state index is 13.3. The number of hydrogen-bond acceptors (Lipinski definition) is 6. The fourth-order valence-corrected chi connectivity index (χ4v) is 4.34. The molecule has 7 heteroatoms. The summed E-state index contributed by atoms with van der Waals surface area (Å²) in [5.74, 6) is 2.68. The number of hydrogen-bond donors (Lipinski definition) is 0. The minimum absolute atomic E-state index is 0.0698. The lowest BCUT2D eigenvalue weighted by Crippen LogP contribution is -2.47. The summed E-state index contributed by atoms with van der Waals surface area (Å²) in [6, 6.07) is 2.02. The van der Waals surface area contributed by atoms with Crippen molar-refractivity contribution in [3.8, 4) is 0 Å². The molecule has 2 aromatic heterocycles. The first-order valence-corrected chi connectivity index (χ1v) is 9.85. The molecule has 2 bridgehead atoms. The molecule has 7 nitrogen and oxygen atoms in total. The molecule has 0 radical (unpaired) electrons. The van der Waals surface area contributed by atoms with Crippen LogP contribution in [0.25, 0.3) is 0 Å². The Bertz CT molecular complexity index is 853. The monoisotopic (exact) mass is 364 g/mol. The Balaban J connectivity index is 1.38. The van der Waals surface area contributed by atoms with Gasteiger partial charge >= 0.3 is 0 Å². The van der Waals surface area contributed by atoms with Crippen LogP contribution in [0.1, 0.15) is 53.5 Å². The molecule has 0 unspecified atom stereocenters. The first-order valence-electron chi connectivity index (χ1n) is 9.85. The molecular formula is C20H24N6O. The Morgan fingerprint density at radius 2 is 1.85 bits per heavy atom. The van der Waals surface area contributed by atoms with E-state index in [2.05, 4.69) is 24.8 Å². The molecule has 0 spiro atoms. The molecule has 3 aliphatic heterocycles. The van der Waals surface area contributed by atoms with E-state index in [4.69, 9.17) is 0 Å². The van der Waals surface area contributed by atoms with Crippen molar-refractivity contribution in [3.63, 3.8) is 0 Å². The Kier molecular flexibility index (Phi) is 4.02. The largest absolute Gasteiger partial charge is 0.338 e. The Morgan fingerprint density at radius 1 is 1.04 bits per heavy atom. The van der Waals surface area contributed by atoms with Crippen LogP contribution in [0.3, 0.4) is 0 Å². The van der Waals surface area contributed by atoms with Gasteiger partial charge in [-0.3, -0.25) is 4.79 Å². The number of carbonyl (C=O) groups is 1. The summed E-state index contributed by atoms with van der Waals surface area (Å²) in [5, 5.41) is 0. The minimum Gasteiger partial charge on any atom is -0.338 e. The van der Waals surface area contributed by atoms with Crippen molar-refractivity contribution in [3.05, 3.63) is 41.7 Å². The van der Waals surface area contributed by atoms with Crippen LogP contribution >= 0.6 is 0 Å². The maximum absolute atomic E-state index is 13.3. The second-order valence-electron chi connectivity index (χ2n) is 8.01. The first kappa shape index (κ1) is 16.6. The van der Waals surface area contributed by atoms with Crippen LogP contribution in [0.15, 0.2) is 24.7 Å². The molecule has 140 valence electrons. The number of aryl methyl sites for hydroxylation is 1. The lowest BCUT2D eigenvalue weighted by Gasteiger charge is -2.36. The van der Waals surface area contributed by atoms with E-state index >= 15 is 0 Å². The Hall–Kier alpha value is -2.57. The molecular weight excluding hydrogens is 340 g/mol. The van der Waals surface area contributed by atoms with Crippen molar-refractivity contribution in [1.82, 2.24) is 24.8 Å². The highest BCUT2D eigenvalue weighted by atomic mass is 16.2. The van der Waals surface area contributed by atoms with E-state index < -0.39 is 0 Å². The number of amides is 1. The zero-order valence-electron chi connectivity index (χ0n) is 15.6. The number of anilines is 1. The quantitative estimate of drug-likeness (QED) is 0.831. The molecule has 0 N–H and O–H groups in total. The van der Waals surface area contributed by atoms with Crippen molar-refractivity contribution in [2.45, 2.75) is 44.6 Å². The molecule has 4 aliphatic rings. The van der Waals surface area contributed by atoms with Crippen LogP contribution in [-0.4, -0.2) is 56.4 Å². The average molecular weight is 364 g/mol. The highest BCUT2D eigenvalue weighted by Crippen LogP contribution is 2.38. The van der Waals surface area contributed by atoms with Crippen LogP contribution in [0.2, 0.25) is 0 Å². The average Bonchev–Trinajstić information content (AvgIpc) is 3.55. The molecule has 1 amide bonds. The van der Waals surface area contributed by atoms with Gasteiger partial charge in [-0.25, -0.2) is 19.9 Å². The van der Waals surface area contributed by atoms with Crippen molar-refractivity contribution in [2.75, 3.05) is 24.5 Å². The third kappa shape index (κ3) is 3.15. The van der Waals surface area contributed by atoms with Crippen LogP contribution < -0.4 is 4.90 Å². The number of aromatic nitrogens is 4. The topological polar surface area (TPSA) is 75.1 Å². The third-order valence-electron chi connectivity index (χ3n) is 5.98. The Labute approximate surface area is 158 Å². The maximum Gasteiger partial charge on any atom is 0.257 e. The molecule has 6 rings (SSSR count). The summed E-state index contributed by atoms with van der Waals surface area (Å²) in [6.07, 6.45) is 9.81. The lowest BCUT2D eigenvalue weighted by atomic mass is 9.94. The number of carbonyl (C=O) groups excluding carboxylic acids is 1. The first-order chi connectivity index (χ1) is 13.2. The molecule has 4 fully saturated rings. The van der Waals surface area contributed by atoms with Gasteiger partial charge in [-0.15, -0.1) is 0 Å². The smallest absolute Gasteiger partial charge is 0.257 e. The number of piperidine rings is 1. The van der Waals surface area contributed by atoms with Crippen molar-refractivity contribution < 1.29 is 4.79 Å². The van der Waals surface area contributed by atoms with Gasteiger partial charge in [0, 0.05) is 50.2 Å². The van der Waals surface area contributed by atoms with E-state index in [-0.39, 0.29) is 11.9 Å². The molecule has 27 heavy (non-hydrogen) atoms. The SMILES string of the molecule is Cc1nc(C2CC2)ncc1C(=O)N1C[C@H]2CC[C@@H]1CN(c1ncccn1)C2. The minimum atomic E-state index is 0.0698. The van der Waals surface area contributed by atoms with E-state index in [1.807, 2.05) is 17.9 Å². The van der Waals surface area contributed by atoms with Gasteiger partial charge in [-0.05, 0) is 44.6 Å². The molecule has 1 saturated carbocycles. The highest BCUT2D eigenvalue weighted by molar-refractivity contribution is 5.95. The molecule has 2 atom stereocenters. The van der Waals surface area contributed by atoms with E-state index in [1.54, 1.807) is 18.6 Å². The van der Waals surface area contributed by atoms with E-state index in [0.29, 0.717) is 17.4 Å². The van der Waals surface area contributed by atoms with Gasteiger partial charge in [0.15, 0.2) is 0 Å². The summed E-state index contributed by atoms with van der Waals surface area (Å²) in [6.45, 7) is 4.41. The number of rotatable bonds is 3. The fraction of sp³-hybridized carbons (Fsp3) is 0.550. The van der Waals surface area contributed by atoms with Crippen LogP contribution in [-0.2, 0) is 0 Å². The van der Waals surface area contributed by atoms with E-state index in [1.165, 1.54) is 12.8 Å². The second-order valence-corrected chi connectivity index (χ2v) is 8.01. The van der Waals surface area contributed by atoms with Crippen LogP contribution in [0.4, 0.5) is 5.95 Å². The normalized spacial score (nSPS) is 24.8. The van der Waals surface area contributed by atoms with Crippen LogP contribution in [0, 0.1) is 12.8 Å². The van der Waals surface area contributed by atoms with Crippen molar-refractivity contribution in [2.24, 2.45) is 5.92 Å². The standard InChI is InChI=1S/C20H24N6O/c1-13-17(9-23-18(24-13)15-4-5-15)19(27)26-11-14-3-6-16(26)12-25(10-14)20-21-7-2-8-22-20/h2,7-9,14-16H,3-6,10-12H2,1H3/t14-,16+/m0/s1. The summed E-state index contributed by atoms with van der Waals surface area (Å²) in [5.41, 5.74) is 1.45. The zero-order valence-corrected chi connectivity index (χ0v) is 15.6. The third-order valence-corrected chi connectivity index (χ3v) is 5.98. The van der Waals surface area contributed by atoms with Gasteiger partial charge in [-0.2, -0.15) is 0 Å². The Morgan fingerprint density at radius 3 is 2.59 bits per heavy atom. The number of fused-ring (bicyclic) bond motifs is 4. The van der Waals surface area contributed by atoms with Gasteiger partial charge in [0.05, 0.1) is 11.3 Å². The summed E-state index contributed by atoms with van der Waals surface area (Å²) in [4.78, 5) is 35.5. The molecule has 0 aromatic carbocycles. The van der Waals surface area contributed by atoms with E-state index in [9.17, 15) is 4.79 Å². The zero-order chi connectivity index (χ0) is 18.4. The van der Waals surface area contributed by atoms with Gasteiger partial charge in [0.2, 0.25) is 5.95 Å². The van der Waals surface area contributed by atoms with Crippen molar-refractivity contribution >= 4 is 11.9 Å². The number of nitrogens with zero attached hydrogens (tertiary/aromatic N) is 6. The highest BCUT2D eigenvalue weighted by Gasteiger charge is 2.39. The molecule has 3 saturated heterocycles. The van der Waals surface area contributed by atoms with Gasteiger partial charge < -0.3 is 9.80 Å². The van der Waals surface area contributed by atoms with Crippen LogP contribution in [0.5, 0.6) is 0 Å². The van der Waals surface area contributed by atoms with Gasteiger partial charge in [0.25, 0.3) is 5.91 Å². The molecule has 2 aromatic rings. The summed E-state index contributed by atoms with van der Waals surface area (Å²) < 4.78 is 0. The molecule has 1 aliphatic carbocycles. The van der Waals surface area contributed by atoms with Gasteiger partial charge in [-0.1, -0.05) is 0 Å². The van der Waals surface area contributed by atoms with Gasteiger partial charge in [0.1, 0.15) is 5.82 Å². The summed E-state index contributed by atoms with van der Waals surface area (Å²) in [7, 11) is 0. The summed E-state index contributed by atoms with van der Waals surface area (Å²) >= 11 is 0. The predicted molar refractivity (Wildman–Crippen MR) is 101 cm³/mol. The fourth-order valence-electron chi connectivity index (χ4n) is 4.34. The molecule has 5 heterocycles. The van der Waals surface area contributed by atoms with Crippen molar-refractivity contribution in [1.29, 1.82) is 0 Å². The predicted octanol–water partition coefficient (Wildman–Crippen LogP) is 2.19. The lowest BCUT2D eigenvalue weighted by molar-refractivity contribution is 0.0590. The van der Waals surface area contributed by atoms with E-state index in [0.717, 1.165) is 49.9 Å². The second kappa shape index (κ2) is 6.55.